The van der Waals surface area contributed by atoms with E-state index in [9.17, 15) is 23.7 Å². The van der Waals surface area contributed by atoms with Crippen LogP contribution in [-0.2, 0) is 23.7 Å². The fourth-order valence-electron chi connectivity index (χ4n) is 5.47. The zero-order valence-electron chi connectivity index (χ0n) is 26.4. The van der Waals surface area contributed by atoms with Crippen LogP contribution in [0.4, 0.5) is 4.79 Å². The fraction of sp³-hybridized carbons (Fsp3) is 0.677. The van der Waals surface area contributed by atoms with Gasteiger partial charge in [0.1, 0.15) is 35.5 Å². The summed E-state index contributed by atoms with van der Waals surface area (Å²) in [5, 5.41) is 8.56. The van der Waals surface area contributed by atoms with E-state index in [2.05, 4.69) is 15.7 Å². The summed E-state index contributed by atoms with van der Waals surface area (Å²) in [5.74, 6) is -1.67. The van der Waals surface area contributed by atoms with Crippen molar-refractivity contribution in [3.63, 3.8) is 0 Å². The van der Waals surface area contributed by atoms with Crippen molar-refractivity contribution in [2.45, 2.75) is 123 Å². The average Bonchev–Trinajstić information content (AvgIpc) is 3.63. The lowest BCUT2D eigenvalue weighted by molar-refractivity contribution is -0.142. The quantitative estimate of drug-likeness (QED) is 0.257. The van der Waals surface area contributed by atoms with Crippen molar-refractivity contribution < 1.29 is 33.0 Å². The molecular formula is C31H49N4O7P. The first-order valence-electron chi connectivity index (χ1n) is 15.5. The molecule has 0 aromatic heterocycles. The number of carbonyl (C=O) groups excluding carboxylic acids is 4. The van der Waals surface area contributed by atoms with Gasteiger partial charge in [-0.2, -0.15) is 0 Å². The normalized spacial score (nSPS) is 20.9. The van der Waals surface area contributed by atoms with E-state index in [-0.39, 0.29) is 17.8 Å². The lowest BCUT2D eigenvalue weighted by Gasteiger charge is -2.36. The van der Waals surface area contributed by atoms with E-state index < -0.39 is 48.8 Å². The molecule has 2 unspecified atom stereocenters. The van der Waals surface area contributed by atoms with Crippen LogP contribution in [0.3, 0.4) is 0 Å². The minimum Gasteiger partial charge on any atom is -0.446 e. The van der Waals surface area contributed by atoms with E-state index in [0.717, 1.165) is 25.7 Å². The third kappa shape index (κ3) is 9.54. The van der Waals surface area contributed by atoms with Gasteiger partial charge in [0.15, 0.2) is 0 Å². The van der Waals surface area contributed by atoms with Gasteiger partial charge in [-0.15, -0.1) is 0 Å². The molecule has 5 atom stereocenters. The number of nitrogens with zero attached hydrogens (tertiary/aromatic N) is 1. The molecule has 0 bridgehead atoms. The van der Waals surface area contributed by atoms with E-state index in [1.54, 1.807) is 37.3 Å². The molecule has 1 aliphatic heterocycles. The second-order valence-corrected chi connectivity index (χ2v) is 15.0. The van der Waals surface area contributed by atoms with Crippen LogP contribution in [0.5, 0.6) is 5.75 Å². The van der Waals surface area contributed by atoms with E-state index >= 15 is 0 Å². The fourth-order valence-corrected chi connectivity index (χ4v) is 7.88. The third-order valence-corrected chi connectivity index (χ3v) is 10.5. The van der Waals surface area contributed by atoms with Crippen LogP contribution in [0.15, 0.2) is 30.3 Å². The Kier molecular flexibility index (Phi) is 12.2. The predicted molar refractivity (Wildman–Crippen MR) is 165 cm³/mol. The van der Waals surface area contributed by atoms with Crippen molar-refractivity contribution in [2.24, 2.45) is 5.41 Å². The molecule has 3 rings (SSSR count). The molecule has 2 aliphatic rings. The van der Waals surface area contributed by atoms with Gasteiger partial charge in [-0.3, -0.25) is 18.9 Å². The van der Waals surface area contributed by atoms with Gasteiger partial charge >= 0.3 is 13.6 Å². The first kappa shape index (κ1) is 34.6. The van der Waals surface area contributed by atoms with Gasteiger partial charge in [0.05, 0.1) is 6.04 Å². The zero-order valence-corrected chi connectivity index (χ0v) is 27.3. The van der Waals surface area contributed by atoms with Crippen LogP contribution in [0.25, 0.3) is 0 Å². The number of carbonyl (C=O) groups is 4. The molecule has 11 nitrogen and oxygen atoms in total. The number of hydrogen-bond acceptors (Lipinski definition) is 7. The average molecular weight is 621 g/mol. The number of para-hydroxylation sites is 1. The molecule has 240 valence electrons. The lowest BCUT2D eigenvalue weighted by Crippen LogP contribution is -2.58. The molecule has 0 radical (unpaired) electrons. The van der Waals surface area contributed by atoms with Crippen molar-refractivity contribution in [1.29, 1.82) is 0 Å². The van der Waals surface area contributed by atoms with Gasteiger partial charge in [-0.1, -0.05) is 52.3 Å². The number of benzene rings is 1. The summed E-state index contributed by atoms with van der Waals surface area (Å²) in [4.78, 5) is 54.1. The summed E-state index contributed by atoms with van der Waals surface area (Å²) in [6, 6.07) is 6.09. The van der Waals surface area contributed by atoms with Gasteiger partial charge in [-0.25, -0.2) is 9.88 Å². The van der Waals surface area contributed by atoms with Gasteiger partial charge < -0.3 is 24.8 Å². The Labute approximate surface area is 255 Å². The molecule has 3 amide bonds. The van der Waals surface area contributed by atoms with Crippen LogP contribution >= 0.6 is 7.52 Å². The van der Waals surface area contributed by atoms with E-state index in [1.165, 1.54) is 11.8 Å². The number of nitrogens with one attached hydrogen (secondary N) is 3. The number of ether oxygens (including phenoxy) is 1. The van der Waals surface area contributed by atoms with Crippen molar-refractivity contribution in [2.75, 3.05) is 6.54 Å². The summed E-state index contributed by atoms with van der Waals surface area (Å²) in [7, 11) is -3.87. The van der Waals surface area contributed by atoms with Crippen molar-refractivity contribution in [3.8, 4) is 5.75 Å². The first-order valence-corrected chi connectivity index (χ1v) is 17.1. The summed E-state index contributed by atoms with van der Waals surface area (Å²) >= 11 is 0. The number of likely N-dealkylation sites (tertiary alicyclic amines) is 1. The molecule has 12 heteroatoms. The molecule has 3 N–H and O–H groups in total. The van der Waals surface area contributed by atoms with E-state index in [1.807, 2.05) is 27.7 Å². The molecule has 1 heterocycles. The molecule has 2 fully saturated rings. The Bertz CT molecular complexity index is 1170. The highest BCUT2D eigenvalue weighted by atomic mass is 31.2. The minimum atomic E-state index is -3.87. The Morgan fingerprint density at radius 3 is 2.26 bits per heavy atom. The number of Topliss-reactive ketones (excluding diaryl/α,β-unsaturated/α-hetero) is 1. The SMILES string of the molecule is CCCC(NC(=O)[C@@H]1CCCN1C(=O)[C@@H](NC(=O)OC1CCCC1)C(C)(C)C)P(=O)(N[C@@H](C)C(C)=O)Oc1ccccc1. The number of ketones is 1. The molecule has 0 spiro atoms. The molecular weight excluding hydrogens is 571 g/mol. The molecule has 1 saturated heterocycles. The summed E-state index contributed by atoms with van der Waals surface area (Å²) in [6.07, 6.45) is 4.77. The number of amides is 3. The van der Waals surface area contributed by atoms with E-state index in [0.29, 0.717) is 38.0 Å². The minimum absolute atomic E-state index is 0.148. The lowest BCUT2D eigenvalue weighted by atomic mass is 9.85. The summed E-state index contributed by atoms with van der Waals surface area (Å²) in [6.45, 7) is 10.8. The van der Waals surface area contributed by atoms with Crippen LogP contribution in [0.1, 0.15) is 92.9 Å². The van der Waals surface area contributed by atoms with Crippen molar-refractivity contribution >= 4 is 31.2 Å². The van der Waals surface area contributed by atoms with Gasteiger partial charge in [0.25, 0.3) is 0 Å². The largest absolute Gasteiger partial charge is 0.446 e. The predicted octanol–water partition coefficient (Wildman–Crippen LogP) is 5.14. The second kappa shape index (κ2) is 15.2. The van der Waals surface area contributed by atoms with Crippen LogP contribution < -0.4 is 20.2 Å². The highest BCUT2D eigenvalue weighted by molar-refractivity contribution is 7.58. The maximum Gasteiger partial charge on any atom is 0.408 e. The Hall–Kier alpha value is -2.91. The molecule has 43 heavy (non-hydrogen) atoms. The second-order valence-electron chi connectivity index (χ2n) is 12.7. The van der Waals surface area contributed by atoms with Crippen molar-refractivity contribution in [1.82, 2.24) is 20.6 Å². The van der Waals surface area contributed by atoms with E-state index in [4.69, 9.17) is 9.26 Å². The van der Waals surface area contributed by atoms with Crippen LogP contribution in [0.2, 0.25) is 0 Å². The summed E-state index contributed by atoms with van der Waals surface area (Å²) in [5.41, 5.74) is -0.647. The monoisotopic (exact) mass is 620 g/mol. The standard InChI is InChI=1S/C31H49N4O7P/c1-7-14-26(43(40,34-21(2)22(3)36)42-24-17-9-8-10-18-24)32-28(37)25-19-13-20-35(25)29(38)27(31(4,5)6)33-30(39)41-23-15-11-12-16-23/h8-10,17-18,21,23,25-27H,7,11-16,19-20H2,1-6H3,(H,32,37)(H,33,39)(H,34,40)/t21-,25-,26?,27+,43?/m0/s1. The van der Waals surface area contributed by atoms with Crippen LogP contribution in [-0.4, -0.2) is 65.1 Å². The summed E-state index contributed by atoms with van der Waals surface area (Å²) < 4.78 is 26.0. The third-order valence-electron chi connectivity index (χ3n) is 8.04. The van der Waals surface area contributed by atoms with Gasteiger partial charge in [-0.05, 0) is 76.3 Å². The number of alkyl carbamates (subject to hydrolysis) is 1. The topological polar surface area (TPSA) is 143 Å². The molecule has 1 aromatic carbocycles. The Morgan fingerprint density at radius 1 is 1.02 bits per heavy atom. The Balaban J connectivity index is 1.81. The maximum atomic E-state index is 14.4. The molecule has 1 aliphatic carbocycles. The molecule has 1 aromatic rings. The number of rotatable bonds is 13. The van der Waals surface area contributed by atoms with Gasteiger partial charge in [0.2, 0.25) is 11.8 Å². The highest BCUT2D eigenvalue weighted by Gasteiger charge is 2.45. The van der Waals surface area contributed by atoms with Crippen LogP contribution in [0, 0.1) is 5.41 Å². The Morgan fingerprint density at radius 2 is 1.67 bits per heavy atom. The maximum absolute atomic E-state index is 14.4. The highest BCUT2D eigenvalue weighted by Crippen LogP contribution is 2.49. The van der Waals surface area contributed by atoms with Gasteiger partial charge in [0, 0.05) is 6.54 Å². The number of hydrogen-bond donors (Lipinski definition) is 3. The first-order chi connectivity index (χ1) is 20.2. The smallest absolute Gasteiger partial charge is 0.408 e. The van der Waals surface area contributed by atoms with Crippen molar-refractivity contribution in [3.05, 3.63) is 30.3 Å². The molecule has 1 saturated carbocycles. The zero-order chi connectivity index (χ0) is 31.8.